The molecular formula is C9H10BNO4. The van der Waals surface area contributed by atoms with Crippen molar-refractivity contribution >= 4 is 12.6 Å². The predicted octanol–water partition coefficient (Wildman–Crippen LogP) is 0.0305. The highest BCUT2D eigenvalue weighted by Gasteiger charge is 2.38. The summed E-state index contributed by atoms with van der Waals surface area (Å²) in [6, 6.07) is 5.41. The maximum absolute atomic E-state index is 10.4. The lowest BCUT2D eigenvalue weighted by Crippen LogP contribution is -2.30. The number of nitro groups is 1. The van der Waals surface area contributed by atoms with E-state index in [1.165, 1.54) is 0 Å². The highest BCUT2D eigenvalue weighted by molar-refractivity contribution is 6.62. The number of aryl methyl sites for hydroxylation is 1. The highest BCUT2D eigenvalue weighted by atomic mass is 16.6. The van der Waals surface area contributed by atoms with Crippen molar-refractivity contribution in [2.75, 3.05) is 6.54 Å². The number of nitrogens with zero attached hydrogens (tertiary/aromatic N) is 1. The largest absolute Gasteiger partial charge is 0.492 e. The lowest BCUT2D eigenvalue weighted by Gasteiger charge is -2.06. The molecule has 5 nitrogen and oxygen atoms in total. The fraction of sp³-hybridized carbons (Fsp3) is 0.333. The normalized spacial score (nSPS) is 19.1. The summed E-state index contributed by atoms with van der Waals surface area (Å²) in [6.07, 6.45) is -0.634. The lowest BCUT2D eigenvalue weighted by atomic mass is 9.76. The molecule has 1 heterocycles. The molecule has 0 fully saturated rings. The van der Waals surface area contributed by atoms with Gasteiger partial charge in [0.15, 0.2) is 0 Å². The molecule has 1 aliphatic heterocycles. The Bertz CT molecular complexity index is 409. The van der Waals surface area contributed by atoms with Crippen LogP contribution in [-0.2, 0) is 4.65 Å². The minimum Gasteiger partial charge on any atom is -0.423 e. The summed E-state index contributed by atoms with van der Waals surface area (Å²) in [7, 11) is -1.04. The van der Waals surface area contributed by atoms with Gasteiger partial charge in [0.25, 0.3) is 0 Å². The van der Waals surface area contributed by atoms with Crippen molar-refractivity contribution in [2.24, 2.45) is 0 Å². The first-order valence-electron chi connectivity index (χ1n) is 4.64. The van der Waals surface area contributed by atoms with Gasteiger partial charge in [-0.25, -0.2) is 0 Å². The minimum absolute atomic E-state index is 0.312. The molecule has 78 valence electrons. The van der Waals surface area contributed by atoms with Crippen molar-refractivity contribution < 1.29 is 14.6 Å². The topological polar surface area (TPSA) is 72.6 Å². The van der Waals surface area contributed by atoms with Crippen LogP contribution in [0.1, 0.15) is 17.2 Å². The number of fused-ring (bicyclic) bond motifs is 1. The Kier molecular flexibility index (Phi) is 2.46. The monoisotopic (exact) mass is 207 g/mol. The average Bonchev–Trinajstić information content (AvgIpc) is 2.44. The van der Waals surface area contributed by atoms with Gasteiger partial charge in [0.2, 0.25) is 6.54 Å². The van der Waals surface area contributed by atoms with E-state index in [1.807, 2.05) is 19.1 Å². The van der Waals surface area contributed by atoms with E-state index in [0.29, 0.717) is 5.46 Å². The summed E-state index contributed by atoms with van der Waals surface area (Å²) in [5.74, 6) is 0. The summed E-state index contributed by atoms with van der Waals surface area (Å²) >= 11 is 0. The third-order valence-corrected chi connectivity index (χ3v) is 2.56. The maximum atomic E-state index is 10.4. The van der Waals surface area contributed by atoms with Crippen LogP contribution in [0.5, 0.6) is 0 Å². The van der Waals surface area contributed by atoms with Crippen LogP contribution in [0.2, 0.25) is 0 Å². The van der Waals surface area contributed by atoms with Crippen molar-refractivity contribution in [3.63, 3.8) is 0 Å². The molecule has 1 N–H and O–H groups in total. The first-order chi connectivity index (χ1) is 7.09. The second kappa shape index (κ2) is 3.64. The molecule has 0 radical (unpaired) electrons. The molecule has 6 heteroatoms. The van der Waals surface area contributed by atoms with Gasteiger partial charge in [-0.3, -0.25) is 10.1 Å². The maximum Gasteiger partial charge on any atom is 0.492 e. The summed E-state index contributed by atoms with van der Waals surface area (Å²) in [6.45, 7) is 1.54. The number of benzene rings is 1. The molecule has 0 saturated carbocycles. The fourth-order valence-corrected chi connectivity index (χ4v) is 1.90. The van der Waals surface area contributed by atoms with E-state index in [-0.39, 0.29) is 6.54 Å². The summed E-state index contributed by atoms with van der Waals surface area (Å²) < 4.78 is 5.14. The molecule has 0 spiro atoms. The van der Waals surface area contributed by atoms with Crippen molar-refractivity contribution in [1.82, 2.24) is 0 Å². The van der Waals surface area contributed by atoms with Gasteiger partial charge in [0.1, 0.15) is 6.10 Å². The molecule has 2 rings (SSSR count). The van der Waals surface area contributed by atoms with Crippen LogP contribution in [0.25, 0.3) is 0 Å². The zero-order valence-electron chi connectivity index (χ0n) is 8.21. The molecule has 0 saturated heterocycles. The molecule has 0 aromatic heterocycles. The Morgan fingerprint density at radius 3 is 3.07 bits per heavy atom. The standard InChI is InChI=1S/C9H10BNO4/c1-6-3-2-4-7-8(5-11(13)14)15-10(12)9(6)7/h2-4,8,12H,5H2,1H3. The second-order valence-corrected chi connectivity index (χ2v) is 3.57. The molecule has 15 heavy (non-hydrogen) atoms. The van der Waals surface area contributed by atoms with E-state index in [1.54, 1.807) is 6.07 Å². The third kappa shape index (κ3) is 1.73. The molecular weight excluding hydrogens is 197 g/mol. The van der Waals surface area contributed by atoms with E-state index in [9.17, 15) is 15.1 Å². The first kappa shape index (κ1) is 10.1. The smallest absolute Gasteiger partial charge is 0.423 e. The third-order valence-electron chi connectivity index (χ3n) is 2.56. The molecule has 1 aromatic rings. The average molecular weight is 207 g/mol. The minimum atomic E-state index is -1.04. The molecule has 1 aromatic carbocycles. The lowest BCUT2D eigenvalue weighted by molar-refractivity contribution is -0.490. The predicted molar refractivity (Wildman–Crippen MR) is 54.5 cm³/mol. The Morgan fingerprint density at radius 1 is 1.67 bits per heavy atom. The van der Waals surface area contributed by atoms with E-state index >= 15 is 0 Å². The molecule has 0 bridgehead atoms. The van der Waals surface area contributed by atoms with Crippen LogP contribution < -0.4 is 5.46 Å². The Balaban J connectivity index is 2.38. The van der Waals surface area contributed by atoms with Gasteiger partial charge in [0.05, 0.1) is 0 Å². The number of hydrogen-bond acceptors (Lipinski definition) is 4. The zero-order valence-corrected chi connectivity index (χ0v) is 8.21. The molecule has 1 unspecified atom stereocenters. The summed E-state index contributed by atoms with van der Waals surface area (Å²) in [5.41, 5.74) is 2.29. The zero-order chi connectivity index (χ0) is 11.0. The van der Waals surface area contributed by atoms with Crippen molar-refractivity contribution in [3.8, 4) is 0 Å². The van der Waals surface area contributed by atoms with Crippen LogP contribution in [0, 0.1) is 17.0 Å². The second-order valence-electron chi connectivity index (χ2n) is 3.57. The van der Waals surface area contributed by atoms with Crippen LogP contribution in [0.15, 0.2) is 18.2 Å². The van der Waals surface area contributed by atoms with Crippen LogP contribution in [0.4, 0.5) is 0 Å². The molecule has 0 amide bonds. The van der Waals surface area contributed by atoms with Gasteiger partial charge in [-0.15, -0.1) is 0 Å². The molecule has 0 aliphatic carbocycles. The first-order valence-corrected chi connectivity index (χ1v) is 4.64. The van der Waals surface area contributed by atoms with Crippen molar-refractivity contribution in [2.45, 2.75) is 13.0 Å². The summed E-state index contributed by atoms with van der Waals surface area (Å²) in [5, 5.41) is 20.0. The number of rotatable bonds is 2. The van der Waals surface area contributed by atoms with E-state index in [2.05, 4.69) is 0 Å². The summed E-state index contributed by atoms with van der Waals surface area (Å²) in [4.78, 5) is 9.96. The van der Waals surface area contributed by atoms with Gasteiger partial charge in [-0.2, -0.15) is 0 Å². The van der Waals surface area contributed by atoms with Crippen LogP contribution in [0.3, 0.4) is 0 Å². The molecule has 1 aliphatic rings. The van der Waals surface area contributed by atoms with Gasteiger partial charge in [-0.1, -0.05) is 23.8 Å². The Labute approximate surface area is 87.0 Å². The van der Waals surface area contributed by atoms with Gasteiger partial charge < -0.3 is 9.68 Å². The van der Waals surface area contributed by atoms with Gasteiger partial charge in [-0.05, 0) is 17.9 Å². The molecule has 1 atom stereocenters. The Hall–Kier alpha value is -1.40. The van der Waals surface area contributed by atoms with Crippen molar-refractivity contribution in [1.29, 1.82) is 0 Å². The Morgan fingerprint density at radius 2 is 2.40 bits per heavy atom. The highest BCUT2D eigenvalue weighted by Crippen LogP contribution is 2.24. The SMILES string of the molecule is Cc1cccc2c1B(O)OC2C[N+](=O)[O-]. The van der Waals surface area contributed by atoms with E-state index in [0.717, 1.165) is 11.1 Å². The van der Waals surface area contributed by atoms with Crippen LogP contribution in [-0.4, -0.2) is 23.6 Å². The van der Waals surface area contributed by atoms with Crippen LogP contribution >= 0.6 is 0 Å². The number of hydrogen-bond donors (Lipinski definition) is 1. The van der Waals surface area contributed by atoms with E-state index in [4.69, 9.17) is 4.65 Å². The quantitative estimate of drug-likeness (QED) is 0.421. The fourth-order valence-electron chi connectivity index (χ4n) is 1.90. The van der Waals surface area contributed by atoms with Gasteiger partial charge in [0, 0.05) is 4.92 Å². The van der Waals surface area contributed by atoms with Gasteiger partial charge >= 0.3 is 7.12 Å². The van der Waals surface area contributed by atoms with Crippen molar-refractivity contribution in [3.05, 3.63) is 39.4 Å². The van der Waals surface area contributed by atoms with E-state index < -0.39 is 18.1 Å².